The molecule has 174 valence electrons. The molecule has 1 aliphatic rings. The first kappa shape index (κ1) is 23.2. The zero-order chi connectivity index (χ0) is 23.4. The second kappa shape index (κ2) is 9.91. The fourth-order valence-corrected chi connectivity index (χ4v) is 4.44. The molecule has 0 spiro atoms. The summed E-state index contributed by atoms with van der Waals surface area (Å²) in [6.45, 7) is 2.07. The Kier molecular flexibility index (Phi) is 6.98. The van der Waals surface area contributed by atoms with Crippen molar-refractivity contribution in [2.75, 3.05) is 18.6 Å². The Morgan fingerprint density at radius 2 is 1.82 bits per heavy atom. The number of methoxy groups -OCH3 is 1. The zero-order valence-corrected chi connectivity index (χ0v) is 18.9. The van der Waals surface area contributed by atoms with Crippen molar-refractivity contribution in [3.63, 3.8) is 0 Å². The fourth-order valence-electron chi connectivity index (χ4n) is 4.44. The lowest BCUT2D eigenvalue weighted by Gasteiger charge is -2.27. The van der Waals surface area contributed by atoms with E-state index in [4.69, 9.17) is 4.74 Å². The van der Waals surface area contributed by atoms with E-state index in [-0.39, 0.29) is 17.4 Å². The van der Waals surface area contributed by atoms with E-state index in [1.54, 1.807) is 19.2 Å². The maximum Gasteiger partial charge on any atom is 0.270 e. The normalized spacial score (nSPS) is 16.4. The molecule has 7 heteroatoms. The Hall–Kier alpha value is -2.93. The molecule has 1 unspecified atom stereocenters. The highest BCUT2D eigenvalue weighted by Crippen LogP contribution is 2.37. The molecule has 0 radical (unpaired) electrons. The second-order valence-electron chi connectivity index (χ2n) is 8.57. The van der Waals surface area contributed by atoms with Crippen molar-refractivity contribution in [3.8, 4) is 0 Å². The largest absolute Gasteiger partial charge is 0.380 e. The molecular weight excluding hydrogens is 427 g/mol. The van der Waals surface area contributed by atoms with Crippen LogP contribution in [0.15, 0.2) is 54.9 Å². The van der Waals surface area contributed by atoms with Gasteiger partial charge in [0.05, 0.1) is 18.3 Å². The van der Waals surface area contributed by atoms with Gasteiger partial charge in [-0.05, 0) is 42.4 Å². The molecule has 1 aliphatic heterocycles. The van der Waals surface area contributed by atoms with Crippen molar-refractivity contribution in [3.05, 3.63) is 88.6 Å². The van der Waals surface area contributed by atoms with E-state index in [2.05, 4.69) is 16.0 Å². The minimum Gasteiger partial charge on any atom is -0.380 e. The summed E-state index contributed by atoms with van der Waals surface area (Å²) < 4.78 is 47.8. The number of nitrogens with zero attached hydrogens (tertiary/aromatic N) is 3. The summed E-state index contributed by atoms with van der Waals surface area (Å²) in [7, 11) is 1.66. The number of benzene rings is 2. The molecule has 4 nitrogen and oxygen atoms in total. The predicted molar refractivity (Wildman–Crippen MR) is 122 cm³/mol. The van der Waals surface area contributed by atoms with Crippen molar-refractivity contribution in [1.29, 1.82) is 0 Å². The number of alkyl halides is 2. The van der Waals surface area contributed by atoms with Gasteiger partial charge in [-0.1, -0.05) is 48.5 Å². The Morgan fingerprint density at radius 1 is 1.06 bits per heavy atom. The van der Waals surface area contributed by atoms with Gasteiger partial charge in [-0.25, -0.2) is 23.1 Å². The second-order valence-corrected chi connectivity index (χ2v) is 8.57. The summed E-state index contributed by atoms with van der Waals surface area (Å²) in [5, 5.41) is 0. The molecule has 2 heterocycles. The van der Waals surface area contributed by atoms with E-state index in [1.165, 1.54) is 18.5 Å². The van der Waals surface area contributed by atoms with Gasteiger partial charge in [0, 0.05) is 26.1 Å². The lowest BCUT2D eigenvalue weighted by Crippen LogP contribution is -2.25. The van der Waals surface area contributed by atoms with Crippen molar-refractivity contribution in [2.45, 2.75) is 51.2 Å². The van der Waals surface area contributed by atoms with Crippen LogP contribution in [0, 0.1) is 5.82 Å². The Balaban J connectivity index is 1.52. The molecule has 4 rings (SSSR count). The molecule has 1 saturated heterocycles. The number of halogens is 3. The van der Waals surface area contributed by atoms with Crippen LogP contribution < -0.4 is 4.90 Å². The molecule has 0 N–H and O–H groups in total. The average molecular weight is 456 g/mol. The number of rotatable bonds is 8. The maximum atomic E-state index is 15.5. The van der Waals surface area contributed by atoms with E-state index in [1.807, 2.05) is 23.1 Å². The molecule has 0 amide bonds. The SMILES string of the molecule is COCc1cccc(CCc2ncnc(N3CCCC3c3ccc(C(C)(F)F)cc3)c2F)c1. The number of ether oxygens (including phenoxy) is 1. The molecule has 0 saturated carbocycles. The first-order chi connectivity index (χ1) is 15.9. The van der Waals surface area contributed by atoms with E-state index >= 15 is 4.39 Å². The lowest BCUT2D eigenvalue weighted by molar-refractivity contribution is 0.0174. The minimum atomic E-state index is -2.88. The number of hydrogen-bond donors (Lipinski definition) is 0. The number of anilines is 1. The highest BCUT2D eigenvalue weighted by Gasteiger charge is 2.31. The van der Waals surface area contributed by atoms with Crippen LogP contribution in [0.25, 0.3) is 0 Å². The standard InChI is InChI=1S/C26H28F3N3O/c1-26(28,29)21-11-9-20(10-12-21)23-7-4-14-32(23)25-24(27)22(30-17-31-25)13-8-18-5-3-6-19(15-18)16-33-2/h3,5-6,9-12,15,17,23H,4,7-8,13-14,16H2,1-2H3. The predicted octanol–water partition coefficient (Wildman–Crippen LogP) is 6.00. The van der Waals surface area contributed by atoms with Crippen LogP contribution in [0.3, 0.4) is 0 Å². The van der Waals surface area contributed by atoms with Gasteiger partial charge in [0.25, 0.3) is 5.92 Å². The first-order valence-corrected chi connectivity index (χ1v) is 11.2. The van der Waals surface area contributed by atoms with Gasteiger partial charge in [0.2, 0.25) is 0 Å². The van der Waals surface area contributed by atoms with Crippen molar-refractivity contribution < 1.29 is 17.9 Å². The molecule has 2 aromatic carbocycles. The maximum absolute atomic E-state index is 15.5. The highest BCUT2D eigenvalue weighted by atomic mass is 19.3. The van der Waals surface area contributed by atoms with E-state index in [9.17, 15) is 8.78 Å². The van der Waals surface area contributed by atoms with Gasteiger partial charge in [-0.3, -0.25) is 0 Å². The average Bonchev–Trinajstić information content (AvgIpc) is 3.28. The molecule has 1 aromatic heterocycles. The van der Waals surface area contributed by atoms with Crippen LogP contribution in [0.4, 0.5) is 19.0 Å². The van der Waals surface area contributed by atoms with Crippen LogP contribution in [0.1, 0.15) is 53.8 Å². The monoisotopic (exact) mass is 455 g/mol. The third-order valence-electron chi connectivity index (χ3n) is 6.12. The van der Waals surface area contributed by atoms with Crippen molar-refractivity contribution >= 4 is 5.82 Å². The molecule has 1 fully saturated rings. The summed E-state index contributed by atoms with van der Waals surface area (Å²) in [5.41, 5.74) is 3.40. The van der Waals surface area contributed by atoms with Gasteiger partial charge in [-0.15, -0.1) is 0 Å². The lowest BCUT2D eigenvalue weighted by atomic mass is 10.0. The summed E-state index contributed by atoms with van der Waals surface area (Å²) in [5.74, 6) is -3.01. The van der Waals surface area contributed by atoms with Crippen LogP contribution in [0.2, 0.25) is 0 Å². The third-order valence-corrected chi connectivity index (χ3v) is 6.12. The van der Waals surface area contributed by atoms with E-state index < -0.39 is 11.7 Å². The molecule has 0 bridgehead atoms. The van der Waals surface area contributed by atoms with Crippen LogP contribution in [0.5, 0.6) is 0 Å². The van der Waals surface area contributed by atoms with E-state index in [0.717, 1.165) is 36.5 Å². The molecular formula is C26H28F3N3O. The fraction of sp³-hybridized carbons (Fsp3) is 0.385. The van der Waals surface area contributed by atoms with Gasteiger partial charge in [0.1, 0.15) is 6.33 Å². The quantitative estimate of drug-likeness (QED) is 0.418. The number of aryl methyl sites for hydroxylation is 2. The Bertz CT molecular complexity index is 1080. The summed E-state index contributed by atoms with van der Waals surface area (Å²) in [6.07, 6.45) is 4.21. The van der Waals surface area contributed by atoms with Crippen molar-refractivity contribution in [2.24, 2.45) is 0 Å². The van der Waals surface area contributed by atoms with Crippen LogP contribution >= 0.6 is 0 Å². The van der Waals surface area contributed by atoms with Gasteiger partial charge >= 0.3 is 0 Å². The number of aromatic nitrogens is 2. The summed E-state index contributed by atoms with van der Waals surface area (Å²) in [6, 6.07) is 14.3. The Labute approximate surface area is 192 Å². The molecule has 3 aromatic rings. The zero-order valence-electron chi connectivity index (χ0n) is 18.9. The van der Waals surface area contributed by atoms with Crippen LogP contribution in [-0.4, -0.2) is 23.6 Å². The first-order valence-electron chi connectivity index (χ1n) is 11.2. The summed E-state index contributed by atoms with van der Waals surface area (Å²) >= 11 is 0. The van der Waals surface area contributed by atoms with Gasteiger partial charge in [-0.2, -0.15) is 0 Å². The van der Waals surface area contributed by atoms with Crippen LogP contribution in [-0.2, 0) is 30.1 Å². The highest BCUT2D eigenvalue weighted by molar-refractivity contribution is 5.46. The smallest absolute Gasteiger partial charge is 0.270 e. The van der Waals surface area contributed by atoms with Crippen molar-refractivity contribution in [1.82, 2.24) is 9.97 Å². The Morgan fingerprint density at radius 3 is 2.55 bits per heavy atom. The van der Waals surface area contributed by atoms with Gasteiger partial charge in [0.15, 0.2) is 11.6 Å². The molecule has 33 heavy (non-hydrogen) atoms. The summed E-state index contributed by atoms with van der Waals surface area (Å²) in [4.78, 5) is 10.4. The molecule has 0 aliphatic carbocycles. The third kappa shape index (κ3) is 5.36. The van der Waals surface area contributed by atoms with E-state index in [0.29, 0.717) is 31.7 Å². The number of hydrogen-bond acceptors (Lipinski definition) is 4. The topological polar surface area (TPSA) is 38.3 Å². The minimum absolute atomic E-state index is 0.0270. The van der Waals surface area contributed by atoms with Gasteiger partial charge < -0.3 is 9.64 Å². The molecule has 1 atom stereocenters.